The van der Waals surface area contributed by atoms with Crippen molar-refractivity contribution in [3.63, 3.8) is 0 Å². The number of morpholine rings is 1. The molecule has 1 aromatic rings. The molecule has 4 heteroatoms. The first kappa shape index (κ1) is 11.6. The summed E-state index contributed by atoms with van der Waals surface area (Å²) in [6.07, 6.45) is 0. The largest absolute Gasteiger partial charge is 0.399 e. The Morgan fingerprint density at radius 1 is 1.44 bits per heavy atom. The monoisotopic (exact) mass is 240 g/mol. The van der Waals surface area contributed by atoms with Gasteiger partial charge in [-0.2, -0.15) is 0 Å². The highest BCUT2D eigenvalue weighted by Gasteiger charge is 2.28. The molecule has 2 rings (SSSR count). The van der Waals surface area contributed by atoms with E-state index in [1.54, 1.807) is 6.07 Å². The van der Waals surface area contributed by atoms with Crippen molar-refractivity contribution in [2.45, 2.75) is 19.4 Å². The van der Waals surface area contributed by atoms with Crippen molar-refractivity contribution in [1.82, 2.24) is 0 Å². The van der Waals surface area contributed by atoms with E-state index in [9.17, 15) is 0 Å². The molecule has 0 radical (unpaired) electrons. The fraction of sp³-hybridized carbons (Fsp3) is 0.500. The number of nitrogens with two attached hydrogens (primary N) is 1. The maximum atomic E-state index is 6.19. The number of hydrogen-bond acceptors (Lipinski definition) is 3. The minimum absolute atomic E-state index is 0.122. The van der Waals surface area contributed by atoms with E-state index >= 15 is 0 Å². The third kappa shape index (κ3) is 2.42. The molecule has 0 spiro atoms. The summed E-state index contributed by atoms with van der Waals surface area (Å²) in [5.74, 6) is 0. The SMILES string of the molecule is CC1(C)CN(c2ccc(N)cc2Cl)CCO1. The Kier molecular flexibility index (Phi) is 3.00. The second-order valence-corrected chi connectivity index (χ2v) is 5.15. The number of rotatable bonds is 1. The van der Waals surface area contributed by atoms with Crippen molar-refractivity contribution in [2.24, 2.45) is 0 Å². The summed E-state index contributed by atoms with van der Waals surface area (Å²) in [4.78, 5) is 2.24. The quantitative estimate of drug-likeness (QED) is 0.767. The normalized spacial score (nSPS) is 19.8. The van der Waals surface area contributed by atoms with Crippen LogP contribution in [0.1, 0.15) is 13.8 Å². The zero-order valence-electron chi connectivity index (χ0n) is 9.66. The van der Waals surface area contributed by atoms with Crippen LogP contribution >= 0.6 is 11.6 Å². The molecule has 1 aromatic carbocycles. The first-order chi connectivity index (χ1) is 7.48. The van der Waals surface area contributed by atoms with Gasteiger partial charge in [0.2, 0.25) is 0 Å². The summed E-state index contributed by atoms with van der Waals surface area (Å²) >= 11 is 6.19. The van der Waals surface area contributed by atoms with E-state index in [1.807, 2.05) is 12.1 Å². The smallest absolute Gasteiger partial charge is 0.0801 e. The lowest BCUT2D eigenvalue weighted by Gasteiger charge is -2.39. The topological polar surface area (TPSA) is 38.5 Å². The van der Waals surface area contributed by atoms with Gasteiger partial charge in [-0.1, -0.05) is 11.6 Å². The van der Waals surface area contributed by atoms with Gasteiger partial charge in [0.1, 0.15) is 0 Å². The molecular formula is C12H17ClN2O. The Labute approximate surface area is 101 Å². The van der Waals surface area contributed by atoms with Crippen LogP contribution in [-0.2, 0) is 4.74 Å². The number of nitrogen functional groups attached to an aromatic ring is 1. The fourth-order valence-corrected chi connectivity index (χ4v) is 2.31. The third-order valence-corrected chi connectivity index (χ3v) is 3.04. The highest BCUT2D eigenvalue weighted by Crippen LogP contribution is 2.30. The molecule has 0 atom stereocenters. The summed E-state index contributed by atoms with van der Waals surface area (Å²) in [6, 6.07) is 5.64. The van der Waals surface area contributed by atoms with Crippen molar-refractivity contribution in [3.05, 3.63) is 23.2 Å². The molecule has 0 amide bonds. The molecule has 0 bridgehead atoms. The Balaban J connectivity index is 2.23. The van der Waals surface area contributed by atoms with Crippen LogP contribution in [0.4, 0.5) is 11.4 Å². The van der Waals surface area contributed by atoms with Crippen LogP contribution < -0.4 is 10.6 Å². The van der Waals surface area contributed by atoms with E-state index in [-0.39, 0.29) is 5.60 Å². The highest BCUT2D eigenvalue weighted by atomic mass is 35.5. The van der Waals surface area contributed by atoms with E-state index in [0.29, 0.717) is 10.7 Å². The second kappa shape index (κ2) is 4.15. The maximum Gasteiger partial charge on any atom is 0.0801 e. The fourth-order valence-electron chi connectivity index (χ4n) is 2.00. The third-order valence-electron chi connectivity index (χ3n) is 2.74. The molecule has 1 saturated heterocycles. The molecule has 16 heavy (non-hydrogen) atoms. The van der Waals surface area contributed by atoms with Crippen molar-refractivity contribution in [2.75, 3.05) is 30.3 Å². The zero-order valence-corrected chi connectivity index (χ0v) is 10.4. The van der Waals surface area contributed by atoms with Gasteiger partial charge in [0, 0.05) is 18.8 Å². The van der Waals surface area contributed by atoms with Gasteiger partial charge >= 0.3 is 0 Å². The Morgan fingerprint density at radius 3 is 2.81 bits per heavy atom. The van der Waals surface area contributed by atoms with Gasteiger partial charge in [-0.15, -0.1) is 0 Å². The van der Waals surface area contributed by atoms with E-state index in [2.05, 4.69) is 18.7 Å². The van der Waals surface area contributed by atoms with Crippen LogP contribution in [-0.4, -0.2) is 25.3 Å². The van der Waals surface area contributed by atoms with Crippen LogP contribution in [0.2, 0.25) is 5.02 Å². The molecule has 0 aromatic heterocycles. The summed E-state index contributed by atoms with van der Waals surface area (Å²) in [6.45, 7) is 6.62. The van der Waals surface area contributed by atoms with Crippen LogP contribution in [0.3, 0.4) is 0 Å². The van der Waals surface area contributed by atoms with Crippen molar-refractivity contribution >= 4 is 23.0 Å². The lowest BCUT2D eigenvalue weighted by Crippen LogP contribution is -2.48. The predicted molar refractivity (Wildman–Crippen MR) is 68.1 cm³/mol. The zero-order chi connectivity index (χ0) is 11.8. The van der Waals surface area contributed by atoms with Crippen LogP contribution in [0.25, 0.3) is 0 Å². The lowest BCUT2D eigenvalue weighted by molar-refractivity contribution is -0.0276. The number of ether oxygens (including phenoxy) is 1. The summed E-state index contributed by atoms with van der Waals surface area (Å²) in [7, 11) is 0. The second-order valence-electron chi connectivity index (χ2n) is 4.74. The Morgan fingerprint density at radius 2 is 2.19 bits per heavy atom. The summed E-state index contributed by atoms with van der Waals surface area (Å²) < 4.78 is 5.67. The predicted octanol–water partition coefficient (Wildman–Crippen LogP) is 2.54. The molecule has 0 saturated carbocycles. The molecular weight excluding hydrogens is 224 g/mol. The number of hydrogen-bond donors (Lipinski definition) is 1. The van der Waals surface area contributed by atoms with Crippen molar-refractivity contribution < 1.29 is 4.74 Å². The maximum absolute atomic E-state index is 6.19. The minimum atomic E-state index is -0.122. The van der Waals surface area contributed by atoms with Crippen LogP contribution in [0, 0.1) is 0 Å². The number of benzene rings is 1. The van der Waals surface area contributed by atoms with Gasteiger partial charge in [0.05, 0.1) is 22.9 Å². The van der Waals surface area contributed by atoms with Gasteiger partial charge in [0.15, 0.2) is 0 Å². The van der Waals surface area contributed by atoms with Gasteiger partial charge < -0.3 is 15.4 Å². The molecule has 3 nitrogen and oxygen atoms in total. The highest BCUT2D eigenvalue weighted by molar-refractivity contribution is 6.33. The molecule has 2 N–H and O–H groups in total. The van der Waals surface area contributed by atoms with Gasteiger partial charge in [0.25, 0.3) is 0 Å². The molecule has 0 unspecified atom stereocenters. The average molecular weight is 241 g/mol. The lowest BCUT2D eigenvalue weighted by atomic mass is 10.1. The molecule has 1 heterocycles. The van der Waals surface area contributed by atoms with Gasteiger partial charge in [-0.3, -0.25) is 0 Å². The van der Waals surface area contributed by atoms with Crippen molar-refractivity contribution in [1.29, 1.82) is 0 Å². The van der Waals surface area contributed by atoms with E-state index in [1.165, 1.54) is 0 Å². The average Bonchev–Trinajstić information content (AvgIpc) is 2.15. The van der Waals surface area contributed by atoms with E-state index in [0.717, 1.165) is 25.4 Å². The number of anilines is 2. The first-order valence-electron chi connectivity index (χ1n) is 5.42. The minimum Gasteiger partial charge on any atom is -0.399 e. The molecule has 88 valence electrons. The van der Waals surface area contributed by atoms with Crippen molar-refractivity contribution in [3.8, 4) is 0 Å². The molecule has 1 aliphatic heterocycles. The molecule has 1 fully saturated rings. The summed E-state index contributed by atoms with van der Waals surface area (Å²) in [5.41, 5.74) is 7.29. The number of halogens is 1. The molecule has 1 aliphatic rings. The van der Waals surface area contributed by atoms with Gasteiger partial charge in [-0.25, -0.2) is 0 Å². The number of nitrogens with zero attached hydrogens (tertiary/aromatic N) is 1. The van der Waals surface area contributed by atoms with Gasteiger partial charge in [-0.05, 0) is 32.0 Å². The van der Waals surface area contributed by atoms with Crippen LogP contribution in [0.15, 0.2) is 18.2 Å². The standard InChI is InChI=1S/C12H17ClN2O/c1-12(2)8-15(5-6-16-12)11-4-3-9(14)7-10(11)13/h3-4,7H,5-6,8,14H2,1-2H3. The van der Waals surface area contributed by atoms with E-state index < -0.39 is 0 Å². The Bertz CT molecular complexity index is 393. The first-order valence-corrected chi connectivity index (χ1v) is 5.80. The molecule has 0 aliphatic carbocycles. The Hall–Kier alpha value is -0.930. The van der Waals surface area contributed by atoms with Crippen LogP contribution in [0.5, 0.6) is 0 Å². The summed E-state index contributed by atoms with van der Waals surface area (Å²) in [5, 5.41) is 0.706. The van der Waals surface area contributed by atoms with E-state index in [4.69, 9.17) is 22.1 Å².